The van der Waals surface area contributed by atoms with Crippen LogP contribution < -0.4 is 10.0 Å². The van der Waals surface area contributed by atoms with Gasteiger partial charge in [0.2, 0.25) is 5.96 Å². The number of anilines is 1. The van der Waals surface area contributed by atoms with Crippen LogP contribution in [-0.2, 0) is 10.0 Å². The number of rotatable bonds is 0. The number of fused-ring (bicyclic) bond motifs is 1. The zero-order chi connectivity index (χ0) is 11.1. The highest BCUT2D eigenvalue weighted by molar-refractivity contribution is 9.10. The maximum atomic E-state index is 11.7. The molecule has 7 heteroatoms. The van der Waals surface area contributed by atoms with Gasteiger partial charge in [0, 0.05) is 11.5 Å². The van der Waals surface area contributed by atoms with Crippen molar-refractivity contribution in [2.75, 3.05) is 12.4 Å². The van der Waals surface area contributed by atoms with Crippen molar-refractivity contribution in [1.29, 1.82) is 0 Å². The summed E-state index contributed by atoms with van der Waals surface area (Å²) in [7, 11) is -1.98. The van der Waals surface area contributed by atoms with Crippen molar-refractivity contribution >= 4 is 37.6 Å². The summed E-state index contributed by atoms with van der Waals surface area (Å²) >= 11 is 3.27. The Morgan fingerprint density at radius 2 is 2.13 bits per heavy atom. The lowest BCUT2D eigenvalue weighted by Crippen LogP contribution is -2.40. The van der Waals surface area contributed by atoms with Crippen molar-refractivity contribution in [3.63, 3.8) is 0 Å². The molecule has 1 aromatic rings. The standard InChI is InChI=1S/C8H8BrN3O2S/c1-10-8-11-6-4-5(9)2-3-7(6)15(13,14)12-8/h2-4H,1H3,(H2,10,11,12). The van der Waals surface area contributed by atoms with Crippen molar-refractivity contribution < 1.29 is 8.42 Å². The lowest BCUT2D eigenvalue weighted by atomic mass is 10.3. The number of hydrogen-bond donors (Lipinski definition) is 2. The Kier molecular flexibility index (Phi) is 2.43. The highest BCUT2D eigenvalue weighted by Gasteiger charge is 2.25. The number of sulfonamides is 1. The number of benzene rings is 1. The molecule has 2 N–H and O–H groups in total. The average Bonchev–Trinajstić information content (AvgIpc) is 2.15. The molecule has 0 aromatic heterocycles. The molecule has 0 bridgehead atoms. The van der Waals surface area contributed by atoms with E-state index in [2.05, 4.69) is 31.0 Å². The average molecular weight is 290 g/mol. The predicted octanol–water partition coefficient (Wildman–Crippen LogP) is 1.14. The van der Waals surface area contributed by atoms with Gasteiger partial charge in [-0.15, -0.1) is 0 Å². The molecule has 80 valence electrons. The summed E-state index contributed by atoms with van der Waals surface area (Å²) in [5, 5.41) is 2.87. The summed E-state index contributed by atoms with van der Waals surface area (Å²) in [6.45, 7) is 0. The third kappa shape index (κ3) is 1.84. The fraction of sp³-hybridized carbons (Fsp3) is 0.125. The van der Waals surface area contributed by atoms with Crippen LogP contribution in [0, 0.1) is 0 Å². The van der Waals surface area contributed by atoms with Gasteiger partial charge in [0.15, 0.2) is 0 Å². The van der Waals surface area contributed by atoms with E-state index in [1.807, 2.05) is 0 Å². The molecular weight excluding hydrogens is 282 g/mol. The number of guanidine groups is 1. The van der Waals surface area contributed by atoms with E-state index in [-0.39, 0.29) is 10.9 Å². The van der Waals surface area contributed by atoms with Crippen LogP contribution >= 0.6 is 15.9 Å². The van der Waals surface area contributed by atoms with Crippen LogP contribution in [0.5, 0.6) is 0 Å². The summed E-state index contributed by atoms with van der Waals surface area (Å²) in [6.07, 6.45) is 0. The molecule has 0 amide bonds. The predicted molar refractivity (Wildman–Crippen MR) is 61.4 cm³/mol. The minimum absolute atomic E-state index is 0.220. The van der Waals surface area contributed by atoms with Gasteiger partial charge >= 0.3 is 0 Å². The van der Waals surface area contributed by atoms with E-state index in [9.17, 15) is 8.42 Å². The van der Waals surface area contributed by atoms with E-state index < -0.39 is 10.0 Å². The second-order valence-electron chi connectivity index (χ2n) is 2.94. The molecule has 1 aliphatic heterocycles. The summed E-state index contributed by atoms with van der Waals surface area (Å²) in [5.41, 5.74) is 0.517. The third-order valence-electron chi connectivity index (χ3n) is 1.94. The highest BCUT2D eigenvalue weighted by atomic mass is 79.9. The molecule has 0 spiro atoms. The Morgan fingerprint density at radius 1 is 1.40 bits per heavy atom. The summed E-state index contributed by atoms with van der Waals surface area (Å²) < 4.78 is 26.5. The molecule has 0 atom stereocenters. The van der Waals surface area contributed by atoms with Crippen LogP contribution in [0.15, 0.2) is 32.6 Å². The Morgan fingerprint density at radius 3 is 2.80 bits per heavy atom. The zero-order valence-electron chi connectivity index (χ0n) is 7.78. The summed E-state index contributed by atoms with van der Waals surface area (Å²) in [6, 6.07) is 4.90. The van der Waals surface area contributed by atoms with Crippen molar-refractivity contribution in [3.05, 3.63) is 22.7 Å². The topological polar surface area (TPSA) is 70.6 Å². The first-order valence-corrected chi connectivity index (χ1v) is 6.37. The molecule has 0 aliphatic carbocycles. The molecule has 15 heavy (non-hydrogen) atoms. The fourth-order valence-electron chi connectivity index (χ4n) is 1.27. The molecule has 1 aliphatic rings. The number of hydrogen-bond acceptors (Lipinski definition) is 3. The summed E-state index contributed by atoms with van der Waals surface area (Å²) in [5.74, 6) is 0.223. The quantitative estimate of drug-likeness (QED) is 0.752. The van der Waals surface area contributed by atoms with Crippen LogP contribution in [0.25, 0.3) is 0 Å². The Bertz CT molecular complexity index is 539. The van der Waals surface area contributed by atoms with Crippen molar-refractivity contribution in [3.8, 4) is 0 Å². The Hall–Kier alpha value is -1.08. The molecule has 1 aromatic carbocycles. The lowest BCUT2D eigenvalue weighted by Gasteiger charge is -2.21. The second kappa shape index (κ2) is 3.49. The molecule has 5 nitrogen and oxygen atoms in total. The van der Waals surface area contributed by atoms with Gasteiger partial charge in [-0.3, -0.25) is 4.99 Å². The molecule has 0 saturated heterocycles. The van der Waals surface area contributed by atoms with Gasteiger partial charge < -0.3 is 5.32 Å². The van der Waals surface area contributed by atoms with Crippen LogP contribution in [0.4, 0.5) is 5.69 Å². The first-order valence-electron chi connectivity index (χ1n) is 4.09. The van der Waals surface area contributed by atoms with E-state index in [1.54, 1.807) is 12.1 Å². The van der Waals surface area contributed by atoms with Gasteiger partial charge in [-0.1, -0.05) is 15.9 Å². The van der Waals surface area contributed by atoms with Crippen LogP contribution in [0.1, 0.15) is 0 Å². The van der Waals surface area contributed by atoms with Gasteiger partial charge in [0.1, 0.15) is 4.90 Å². The Balaban J connectivity index is 2.65. The minimum atomic E-state index is -3.48. The summed E-state index contributed by atoms with van der Waals surface area (Å²) in [4.78, 5) is 3.99. The molecule has 2 rings (SSSR count). The van der Waals surface area contributed by atoms with Gasteiger partial charge in [0.25, 0.3) is 10.0 Å². The van der Waals surface area contributed by atoms with Gasteiger partial charge in [0.05, 0.1) is 5.69 Å². The maximum absolute atomic E-state index is 11.7. The molecule has 1 heterocycles. The number of nitrogens with one attached hydrogen (secondary N) is 2. The van der Waals surface area contributed by atoms with E-state index in [1.165, 1.54) is 13.1 Å². The van der Waals surface area contributed by atoms with Gasteiger partial charge in [-0.2, -0.15) is 0 Å². The lowest BCUT2D eigenvalue weighted by molar-refractivity contribution is 0.591. The normalized spacial score (nSPS) is 20.3. The van der Waals surface area contributed by atoms with Crippen molar-refractivity contribution in [2.24, 2.45) is 4.99 Å². The highest BCUT2D eigenvalue weighted by Crippen LogP contribution is 2.27. The zero-order valence-corrected chi connectivity index (χ0v) is 10.2. The smallest absolute Gasteiger partial charge is 0.266 e. The van der Waals surface area contributed by atoms with Crippen molar-refractivity contribution in [2.45, 2.75) is 4.90 Å². The Labute approximate surface area is 95.8 Å². The van der Waals surface area contributed by atoms with Crippen LogP contribution in [0.3, 0.4) is 0 Å². The van der Waals surface area contributed by atoms with Gasteiger partial charge in [-0.05, 0) is 18.2 Å². The third-order valence-corrected chi connectivity index (χ3v) is 3.83. The monoisotopic (exact) mass is 289 g/mol. The molecule has 0 fully saturated rings. The van der Waals surface area contributed by atoms with E-state index in [4.69, 9.17) is 0 Å². The SMILES string of the molecule is CN=C1Nc2cc(Br)ccc2S(=O)(=O)N1. The number of aliphatic imine (C=N–C) groups is 1. The molecule has 0 saturated carbocycles. The van der Waals surface area contributed by atoms with Crippen molar-refractivity contribution in [1.82, 2.24) is 4.72 Å². The van der Waals surface area contributed by atoms with E-state index in [0.717, 1.165) is 4.47 Å². The maximum Gasteiger partial charge on any atom is 0.266 e. The van der Waals surface area contributed by atoms with E-state index in [0.29, 0.717) is 5.69 Å². The van der Waals surface area contributed by atoms with Crippen LogP contribution in [0.2, 0.25) is 0 Å². The van der Waals surface area contributed by atoms with E-state index >= 15 is 0 Å². The van der Waals surface area contributed by atoms with Gasteiger partial charge in [-0.25, -0.2) is 13.1 Å². The number of halogens is 1. The molecule has 0 radical (unpaired) electrons. The number of nitrogens with zero attached hydrogens (tertiary/aromatic N) is 1. The van der Waals surface area contributed by atoms with Crippen LogP contribution in [-0.4, -0.2) is 21.4 Å². The fourth-order valence-corrected chi connectivity index (χ4v) is 2.79. The first kappa shape index (κ1) is 10.4. The second-order valence-corrected chi connectivity index (χ2v) is 5.51. The molecular formula is C8H8BrN3O2S. The first-order chi connectivity index (χ1) is 7.03. The molecule has 0 unspecified atom stereocenters. The largest absolute Gasteiger partial charge is 0.324 e. The minimum Gasteiger partial charge on any atom is -0.324 e.